The van der Waals surface area contributed by atoms with Gasteiger partial charge in [-0.1, -0.05) is 64.4 Å². The highest BCUT2D eigenvalue weighted by molar-refractivity contribution is 6.20. The number of fused-ring (bicyclic) bond motifs is 4. The van der Waals surface area contributed by atoms with E-state index in [1.54, 1.807) is 11.0 Å². The second-order valence-electron chi connectivity index (χ2n) is 17.5. The van der Waals surface area contributed by atoms with Crippen LogP contribution in [-0.4, -0.2) is 64.5 Å². The van der Waals surface area contributed by atoms with Gasteiger partial charge in [-0.15, -0.1) is 0 Å². The highest BCUT2D eigenvalue weighted by Crippen LogP contribution is 2.44. The molecule has 9 nitrogen and oxygen atoms in total. The minimum Gasteiger partial charge on any atom is -0.357 e. The van der Waals surface area contributed by atoms with Crippen molar-refractivity contribution in [1.29, 1.82) is 5.26 Å². The molecule has 1 saturated carbocycles. The first-order valence-corrected chi connectivity index (χ1v) is 21.0. The second-order valence-corrected chi connectivity index (χ2v) is 17.5. The number of aromatic nitrogens is 1. The molecule has 2 N–H and O–H groups in total. The quantitative estimate of drug-likeness (QED) is 0.131. The molecular weight excluding hydrogens is 711 g/mol. The van der Waals surface area contributed by atoms with E-state index in [0.29, 0.717) is 24.4 Å². The van der Waals surface area contributed by atoms with Crippen molar-refractivity contribution < 1.29 is 19.2 Å². The van der Waals surface area contributed by atoms with E-state index in [-0.39, 0.29) is 29.4 Å². The molecule has 298 valence electrons. The summed E-state index contributed by atoms with van der Waals surface area (Å²) in [6.45, 7) is 16.9. The molecule has 4 aliphatic rings. The Kier molecular flexibility index (Phi) is 11.6. The van der Waals surface area contributed by atoms with Crippen LogP contribution in [0.5, 0.6) is 0 Å². The van der Waals surface area contributed by atoms with Gasteiger partial charge in [0.1, 0.15) is 6.04 Å². The number of carbonyl (C=O) groups excluding carboxylic acids is 4. The highest BCUT2D eigenvalue weighted by Gasteiger charge is 2.40. The SMILES string of the molecule is CCC1CC(CN2CCC(c3ccc(C)c(CN(C=O)C4CCC(=O)NC4=O)c3)CC2)C1.CCc1cc2c(cc1C)C(C)(C)c1[nH]c3cc(C#N)ccc3c1C2=O. The van der Waals surface area contributed by atoms with E-state index in [2.05, 4.69) is 93.1 Å². The van der Waals surface area contributed by atoms with Gasteiger partial charge >= 0.3 is 0 Å². The number of aryl methyl sites for hydroxylation is 3. The van der Waals surface area contributed by atoms with Crippen molar-refractivity contribution in [1.82, 2.24) is 20.1 Å². The Morgan fingerprint density at radius 2 is 1.68 bits per heavy atom. The number of H-pyrrole nitrogens is 1. The Bertz CT molecular complexity index is 2250. The van der Waals surface area contributed by atoms with Gasteiger partial charge < -0.3 is 14.8 Å². The van der Waals surface area contributed by atoms with Crippen LogP contribution in [0.25, 0.3) is 10.9 Å². The number of rotatable bonds is 9. The van der Waals surface area contributed by atoms with Gasteiger partial charge in [-0.25, -0.2) is 0 Å². The lowest BCUT2D eigenvalue weighted by Crippen LogP contribution is -2.51. The molecule has 1 unspecified atom stereocenters. The third-order valence-corrected chi connectivity index (χ3v) is 13.5. The fourth-order valence-electron chi connectivity index (χ4n) is 9.78. The van der Waals surface area contributed by atoms with Crippen LogP contribution in [-0.2, 0) is 32.8 Å². The van der Waals surface area contributed by atoms with Gasteiger partial charge in [0.2, 0.25) is 18.2 Å². The molecule has 0 radical (unpaired) electrons. The Morgan fingerprint density at radius 3 is 2.35 bits per heavy atom. The van der Waals surface area contributed by atoms with Crippen molar-refractivity contribution in [2.45, 2.75) is 117 Å². The van der Waals surface area contributed by atoms with Crippen molar-refractivity contribution >= 4 is 34.9 Å². The zero-order valence-corrected chi connectivity index (χ0v) is 34.5. The summed E-state index contributed by atoms with van der Waals surface area (Å²) in [5, 5.41) is 12.4. The number of nitriles is 1. The lowest BCUT2D eigenvalue weighted by Gasteiger charge is -2.40. The Hall–Kier alpha value is -5.07. The number of nitrogens with zero attached hydrogens (tertiary/aromatic N) is 3. The standard InChI is InChI=1S/C26H37N3O3.C22H20N2O/c1-3-19-12-20(13-19)15-28-10-8-21(9-11-28)22-5-4-18(2)23(14-22)16-29(17-30)24-6-7-25(31)27-26(24)32;1-5-14-10-16-17(8-12(14)2)22(3,4)21-19(20(16)25)15-7-6-13(11-23)9-18(15)24-21/h4-5,14,17,19-21,24H,3,6-13,15-16H2,1-2H3,(H,27,31,32);6-10,24H,5H2,1-4H3. The van der Waals surface area contributed by atoms with Crippen LogP contribution >= 0.6 is 0 Å². The maximum absolute atomic E-state index is 13.3. The fourth-order valence-corrected chi connectivity index (χ4v) is 9.78. The van der Waals surface area contributed by atoms with Gasteiger partial charge in [-0.3, -0.25) is 24.5 Å². The van der Waals surface area contributed by atoms with Gasteiger partial charge in [0.05, 0.1) is 17.2 Å². The Balaban J connectivity index is 0.000000179. The summed E-state index contributed by atoms with van der Waals surface area (Å²) in [6, 6.07) is 17.9. The van der Waals surface area contributed by atoms with E-state index < -0.39 is 6.04 Å². The van der Waals surface area contributed by atoms with Gasteiger partial charge in [0.15, 0.2) is 5.78 Å². The van der Waals surface area contributed by atoms with Gasteiger partial charge in [0.25, 0.3) is 0 Å². The number of hydrogen-bond acceptors (Lipinski definition) is 6. The summed E-state index contributed by atoms with van der Waals surface area (Å²) in [7, 11) is 0. The molecule has 1 aromatic heterocycles. The number of piperidine rings is 2. The molecule has 1 atom stereocenters. The zero-order valence-electron chi connectivity index (χ0n) is 34.5. The third-order valence-electron chi connectivity index (χ3n) is 13.5. The number of aromatic amines is 1. The van der Waals surface area contributed by atoms with Crippen LogP contribution in [0, 0.1) is 37.0 Å². The monoisotopic (exact) mass is 767 g/mol. The van der Waals surface area contributed by atoms with Crippen LogP contribution < -0.4 is 5.32 Å². The second kappa shape index (κ2) is 16.4. The molecule has 2 aliphatic heterocycles. The minimum atomic E-state index is -0.574. The first kappa shape index (κ1) is 40.1. The lowest BCUT2D eigenvalue weighted by atomic mass is 9.70. The molecule has 57 heavy (non-hydrogen) atoms. The lowest BCUT2D eigenvalue weighted by molar-refractivity contribution is -0.141. The first-order chi connectivity index (χ1) is 27.3. The molecular formula is C48H57N5O4. The van der Waals surface area contributed by atoms with Crippen LogP contribution in [0.4, 0.5) is 0 Å². The molecule has 3 amide bonds. The molecule has 8 rings (SSSR count). The number of nitrogens with one attached hydrogen (secondary N) is 2. The topological polar surface area (TPSA) is 126 Å². The predicted octanol–water partition coefficient (Wildman–Crippen LogP) is 8.15. The molecule has 9 heteroatoms. The van der Waals surface area contributed by atoms with Gasteiger partial charge in [-0.2, -0.15) is 5.26 Å². The number of ketones is 1. The molecule has 3 aromatic carbocycles. The van der Waals surface area contributed by atoms with Gasteiger partial charge in [0, 0.05) is 47.1 Å². The number of hydrogen-bond donors (Lipinski definition) is 2. The number of amides is 3. The smallest absolute Gasteiger partial charge is 0.249 e. The summed E-state index contributed by atoms with van der Waals surface area (Å²) in [5.74, 6) is 1.87. The average Bonchev–Trinajstić information content (AvgIpc) is 3.59. The summed E-state index contributed by atoms with van der Waals surface area (Å²) < 4.78 is 0. The van der Waals surface area contributed by atoms with Crippen molar-refractivity contribution in [2.24, 2.45) is 11.8 Å². The van der Waals surface area contributed by atoms with Crippen molar-refractivity contribution in [3.63, 3.8) is 0 Å². The Morgan fingerprint density at radius 1 is 0.930 bits per heavy atom. The van der Waals surface area contributed by atoms with Crippen molar-refractivity contribution in [2.75, 3.05) is 19.6 Å². The summed E-state index contributed by atoms with van der Waals surface area (Å²) >= 11 is 0. The van der Waals surface area contributed by atoms with Crippen LogP contribution in [0.2, 0.25) is 0 Å². The first-order valence-electron chi connectivity index (χ1n) is 21.0. The van der Waals surface area contributed by atoms with Crippen LogP contribution in [0.15, 0.2) is 48.5 Å². The van der Waals surface area contributed by atoms with E-state index in [0.717, 1.165) is 82.2 Å². The van der Waals surface area contributed by atoms with E-state index in [4.69, 9.17) is 5.26 Å². The molecule has 3 heterocycles. The van der Waals surface area contributed by atoms with Crippen molar-refractivity contribution in [3.05, 3.63) is 104 Å². The summed E-state index contributed by atoms with van der Waals surface area (Å²) in [6.07, 6.45) is 8.84. The van der Waals surface area contributed by atoms with Crippen LogP contribution in [0.3, 0.4) is 0 Å². The van der Waals surface area contributed by atoms with E-state index in [1.807, 2.05) is 12.1 Å². The third kappa shape index (κ3) is 7.94. The minimum absolute atomic E-state index is 0.0787. The molecule has 2 aliphatic carbocycles. The maximum Gasteiger partial charge on any atom is 0.249 e. The Labute approximate surface area is 337 Å². The molecule has 2 saturated heterocycles. The molecule has 4 aromatic rings. The van der Waals surface area contributed by atoms with E-state index >= 15 is 0 Å². The van der Waals surface area contributed by atoms with Gasteiger partial charge in [-0.05, 0) is 135 Å². The predicted molar refractivity (Wildman–Crippen MR) is 223 cm³/mol. The maximum atomic E-state index is 13.3. The molecule has 0 spiro atoms. The summed E-state index contributed by atoms with van der Waals surface area (Å²) in [5.41, 5.74) is 10.7. The van der Waals surface area contributed by atoms with Crippen LogP contribution in [0.1, 0.15) is 139 Å². The number of benzene rings is 3. The highest BCUT2D eigenvalue weighted by atomic mass is 16.2. The fraction of sp³-hybridized carbons (Fsp3) is 0.479. The van der Waals surface area contributed by atoms with E-state index in [9.17, 15) is 19.2 Å². The number of carbonyl (C=O) groups is 4. The van der Waals surface area contributed by atoms with E-state index in [1.165, 1.54) is 55.3 Å². The number of likely N-dealkylation sites (tertiary alicyclic amines) is 1. The summed E-state index contributed by atoms with van der Waals surface area (Å²) in [4.78, 5) is 56.4. The molecule has 0 bridgehead atoms. The average molecular weight is 768 g/mol. The number of imide groups is 1. The molecule has 3 fully saturated rings. The largest absolute Gasteiger partial charge is 0.357 e. The normalized spacial score (nSPS) is 21.7. The zero-order chi connectivity index (χ0) is 40.6. The van der Waals surface area contributed by atoms with Crippen molar-refractivity contribution in [3.8, 4) is 6.07 Å².